The second kappa shape index (κ2) is 9.02. The molecule has 6 nitrogen and oxygen atoms in total. The maximum atomic E-state index is 12.1. The summed E-state index contributed by atoms with van der Waals surface area (Å²) in [6, 6.07) is 1.44. The van der Waals surface area contributed by atoms with Crippen LogP contribution in [-0.4, -0.2) is 22.1 Å². The van der Waals surface area contributed by atoms with Crippen LogP contribution in [-0.2, 0) is 16.1 Å². The van der Waals surface area contributed by atoms with Crippen molar-refractivity contribution < 1.29 is 9.53 Å². The molecule has 3 atom stereocenters. The van der Waals surface area contributed by atoms with Crippen molar-refractivity contribution in [2.75, 3.05) is 6.61 Å². The van der Waals surface area contributed by atoms with Crippen LogP contribution >= 0.6 is 0 Å². The van der Waals surface area contributed by atoms with Gasteiger partial charge in [-0.3, -0.25) is 19.1 Å². The number of hydrogen-bond donors (Lipinski definition) is 1. The fraction of sp³-hybridized carbons (Fsp3) is 0.737. The molecule has 0 bridgehead atoms. The van der Waals surface area contributed by atoms with E-state index < -0.39 is 0 Å². The third-order valence-electron chi connectivity index (χ3n) is 5.18. The number of esters is 1. The fourth-order valence-electron chi connectivity index (χ4n) is 3.81. The molecule has 1 heterocycles. The average molecular weight is 350 g/mol. The van der Waals surface area contributed by atoms with E-state index in [2.05, 4.69) is 18.8 Å². The number of H-pyrrole nitrogens is 1. The number of nitrogens with zero attached hydrogens (tertiary/aromatic N) is 1. The standard InChI is InChI=1S/C19H30N2O4/c1-13-10-14(2)16(11-13)18(23)25-9-7-5-4-6-8-21-15(3)12-17(22)20-19(21)24/h12-14,16H,4-11H2,1-3H3,(H,20,22,24). The summed E-state index contributed by atoms with van der Waals surface area (Å²) in [5.74, 6) is 1.09. The van der Waals surface area contributed by atoms with Gasteiger partial charge in [-0.2, -0.15) is 0 Å². The van der Waals surface area contributed by atoms with Crippen LogP contribution in [0.3, 0.4) is 0 Å². The topological polar surface area (TPSA) is 81.2 Å². The smallest absolute Gasteiger partial charge is 0.328 e. The molecule has 0 aromatic carbocycles. The highest BCUT2D eigenvalue weighted by atomic mass is 16.5. The molecule has 2 rings (SSSR count). The second-order valence-electron chi connectivity index (χ2n) is 7.47. The first kappa shape index (κ1) is 19.5. The van der Waals surface area contributed by atoms with E-state index in [1.807, 2.05) is 0 Å². The molecule has 1 aromatic heterocycles. The largest absolute Gasteiger partial charge is 0.465 e. The summed E-state index contributed by atoms with van der Waals surface area (Å²) in [6.07, 6.45) is 5.69. The molecule has 1 aliphatic rings. The highest BCUT2D eigenvalue weighted by molar-refractivity contribution is 5.73. The summed E-state index contributed by atoms with van der Waals surface area (Å²) in [5.41, 5.74) is -0.0204. The van der Waals surface area contributed by atoms with E-state index in [0.717, 1.165) is 38.5 Å². The second-order valence-corrected chi connectivity index (χ2v) is 7.47. The van der Waals surface area contributed by atoms with Crippen LogP contribution in [0.25, 0.3) is 0 Å². The van der Waals surface area contributed by atoms with Crippen molar-refractivity contribution in [3.8, 4) is 0 Å². The summed E-state index contributed by atoms with van der Waals surface area (Å²) in [5, 5.41) is 0. The van der Waals surface area contributed by atoms with Crippen molar-refractivity contribution >= 4 is 5.97 Å². The molecular formula is C19H30N2O4. The van der Waals surface area contributed by atoms with E-state index in [0.29, 0.717) is 30.7 Å². The van der Waals surface area contributed by atoms with Crippen LogP contribution < -0.4 is 11.2 Å². The van der Waals surface area contributed by atoms with E-state index in [1.165, 1.54) is 6.07 Å². The van der Waals surface area contributed by atoms with Gasteiger partial charge in [0.25, 0.3) is 5.56 Å². The SMILES string of the molecule is Cc1cc(=O)[nH]c(=O)n1CCCCCCOC(=O)C1CC(C)CC1C. The molecule has 1 aliphatic carbocycles. The van der Waals surface area contributed by atoms with Gasteiger partial charge < -0.3 is 4.74 Å². The van der Waals surface area contributed by atoms with Gasteiger partial charge in [0.2, 0.25) is 0 Å². The molecule has 0 saturated heterocycles. The van der Waals surface area contributed by atoms with Gasteiger partial charge in [0, 0.05) is 18.3 Å². The van der Waals surface area contributed by atoms with Crippen molar-refractivity contribution in [3.05, 3.63) is 32.6 Å². The summed E-state index contributed by atoms with van der Waals surface area (Å²) < 4.78 is 7.01. The predicted octanol–water partition coefficient (Wildman–Crippen LogP) is 2.63. The Morgan fingerprint density at radius 2 is 1.92 bits per heavy atom. The molecule has 0 amide bonds. The first-order valence-electron chi connectivity index (χ1n) is 9.36. The van der Waals surface area contributed by atoms with Gasteiger partial charge in [-0.05, 0) is 50.9 Å². The Bertz CT molecular complexity index is 691. The summed E-state index contributed by atoms with van der Waals surface area (Å²) in [7, 11) is 0. The lowest BCUT2D eigenvalue weighted by Crippen LogP contribution is -2.31. The Morgan fingerprint density at radius 1 is 1.20 bits per heavy atom. The van der Waals surface area contributed by atoms with E-state index in [9.17, 15) is 14.4 Å². The zero-order valence-corrected chi connectivity index (χ0v) is 15.5. The maximum absolute atomic E-state index is 12.1. The highest BCUT2D eigenvalue weighted by Crippen LogP contribution is 2.36. The quantitative estimate of drug-likeness (QED) is 0.577. The Balaban J connectivity index is 1.60. The number of carbonyl (C=O) groups excluding carboxylic acids is 1. The number of aromatic nitrogens is 2. The van der Waals surface area contributed by atoms with Crippen molar-refractivity contribution in [2.24, 2.45) is 17.8 Å². The van der Waals surface area contributed by atoms with E-state index in [1.54, 1.807) is 11.5 Å². The number of aryl methyl sites for hydroxylation is 1. The Hall–Kier alpha value is -1.85. The zero-order chi connectivity index (χ0) is 18.4. The molecule has 1 N–H and O–H groups in total. The Labute approximate surface area is 148 Å². The summed E-state index contributed by atoms with van der Waals surface area (Å²) in [6.45, 7) is 7.17. The number of ether oxygens (including phenoxy) is 1. The molecule has 1 aromatic rings. The summed E-state index contributed by atoms with van der Waals surface area (Å²) in [4.78, 5) is 37.3. The highest BCUT2D eigenvalue weighted by Gasteiger charge is 2.34. The molecular weight excluding hydrogens is 320 g/mol. The maximum Gasteiger partial charge on any atom is 0.328 e. The lowest BCUT2D eigenvalue weighted by Gasteiger charge is -2.14. The third kappa shape index (κ3) is 5.58. The summed E-state index contributed by atoms with van der Waals surface area (Å²) >= 11 is 0. The van der Waals surface area contributed by atoms with Gasteiger partial charge in [-0.1, -0.05) is 20.3 Å². The van der Waals surface area contributed by atoms with Gasteiger partial charge in [0.05, 0.1) is 12.5 Å². The molecule has 3 unspecified atom stereocenters. The number of rotatable bonds is 8. The number of carbonyl (C=O) groups is 1. The normalized spacial score (nSPS) is 22.9. The molecule has 25 heavy (non-hydrogen) atoms. The monoisotopic (exact) mass is 350 g/mol. The van der Waals surface area contributed by atoms with Gasteiger partial charge in [0.1, 0.15) is 0 Å². The molecule has 1 saturated carbocycles. The van der Waals surface area contributed by atoms with Crippen LogP contribution in [0.1, 0.15) is 58.1 Å². The van der Waals surface area contributed by atoms with Gasteiger partial charge >= 0.3 is 11.7 Å². The lowest BCUT2D eigenvalue weighted by atomic mass is 9.99. The molecule has 1 fully saturated rings. The Kier molecular flexibility index (Phi) is 7.02. The fourth-order valence-corrected chi connectivity index (χ4v) is 3.81. The molecule has 140 valence electrons. The minimum atomic E-state index is -0.355. The molecule has 0 radical (unpaired) electrons. The Morgan fingerprint density at radius 3 is 2.56 bits per heavy atom. The lowest BCUT2D eigenvalue weighted by molar-refractivity contribution is -0.149. The molecule has 0 spiro atoms. The van der Waals surface area contributed by atoms with E-state index in [-0.39, 0.29) is 23.1 Å². The zero-order valence-electron chi connectivity index (χ0n) is 15.5. The minimum absolute atomic E-state index is 0.0349. The number of unbranched alkanes of at least 4 members (excludes halogenated alkanes) is 3. The van der Waals surface area contributed by atoms with Crippen molar-refractivity contribution in [1.29, 1.82) is 0 Å². The first-order valence-corrected chi connectivity index (χ1v) is 9.36. The first-order chi connectivity index (χ1) is 11.9. The van der Waals surface area contributed by atoms with Gasteiger partial charge in [0.15, 0.2) is 0 Å². The average Bonchev–Trinajstić information content (AvgIpc) is 2.86. The van der Waals surface area contributed by atoms with E-state index in [4.69, 9.17) is 4.74 Å². The minimum Gasteiger partial charge on any atom is -0.465 e. The molecule has 0 aliphatic heterocycles. The van der Waals surface area contributed by atoms with Crippen LogP contribution in [0.15, 0.2) is 15.7 Å². The van der Waals surface area contributed by atoms with Crippen LogP contribution in [0, 0.1) is 24.7 Å². The van der Waals surface area contributed by atoms with Crippen LogP contribution in [0.5, 0.6) is 0 Å². The van der Waals surface area contributed by atoms with Crippen molar-refractivity contribution in [2.45, 2.75) is 65.8 Å². The molecule has 6 heteroatoms. The van der Waals surface area contributed by atoms with Crippen molar-refractivity contribution in [1.82, 2.24) is 9.55 Å². The van der Waals surface area contributed by atoms with Crippen molar-refractivity contribution in [3.63, 3.8) is 0 Å². The van der Waals surface area contributed by atoms with Gasteiger partial charge in [-0.25, -0.2) is 4.79 Å². The predicted molar refractivity (Wildman–Crippen MR) is 96.5 cm³/mol. The number of hydrogen-bond acceptors (Lipinski definition) is 4. The number of nitrogens with one attached hydrogen (secondary N) is 1. The number of aromatic amines is 1. The van der Waals surface area contributed by atoms with Gasteiger partial charge in [-0.15, -0.1) is 0 Å². The van der Waals surface area contributed by atoms with Crippen LogP contribution in [0.2, 0.25) is 0 Å². The van der Waals surface area contributed by atoms with E-state index >= 15 is 0 Å². The third-order valence-corrected chi connectivity index (χ3v) is 5.18. The van der Waals surface area contributed by atoms with Crippen LogP contribution in [0.4, 0.5) is 0 Å².